The van der Waals surface area contributed by atoms with E-state index in [0.29, 0.717) is 18.1 Å². The Balaban J connectivity index is 1.59. The van der Waals surface area contributed by atoms with Gasteiger partial charge in [-0.05, 0) is 31.2 Å². The zero-order valence-electron chi connectivity index (χ0n) is 12.8. The largest absolute Gasteiger partial charge is 0.467 e. The fourth-order valence-electron chi connectivity index (χ4n) is 2.53. The summed E-state index contributed by atoms with van der Waals surface area (Å²) in [5.41, 5.74) is 0.889. The number of fused-ring (bicyclic) bond motifs is 1. The molecule has 0 saturated carbocycles. The quantitative estimate of drug-likeness (QED) is 0.915. The Morgan fingerprint density at radius 3 is 2.96 bits per heavy atom. The Morgan fingerprint density at radius 2 is 2.17 bits per heavy atom. The van der Waals surface area contributed by atoms with E-state index in [1.54, 1.807) is 17.2 Å². The smallest absolute Gasteiger partial charge is 0.237 e. The molecule has 0 spiro atoms. The molecule has 1 aromatic carbocycles. The van der Waals surface area contributed by atoms with Gasteiger partial charge in [0.2, 0.25) is 11.8 Å². The second-order valence-electron chi connectivity index (χ2n) is 5.36. The first-order valence-corrected chi connectivity index (χ1v) is 8.48. The summed E-state index contributed by atoms with van der Waals surface area (Å²) in [5.74, 6) is 1.08. The molecule has 2 aromatic rings. The molecule has 0 bridgehead atoms. The number of hydrogen-bond donors (Lipinski definition) is 1. The Morgan fingerprint density at radius 1 is 1.35 bits per heavy atom. The van der Waals surface area contributed by atoms with Gasteiger partial charge in [-0.3, -0.25) is 9.59 Å². The molecule has 120 valence electrons. The maximum absolute atomic E-state index is 12.1. The zero-order chi connectivity index (χ0) is 16.2. The molecule has 2 heterocycles. The highest BCUT2D eigenvalue weighted by atomic mass is 32.2. The molecule has 1 aliphatic heterocycles. The first-order chi connectivity index (χ1) is 11.1. The lowest BCUT2D eigenvalue weighted by Gasteiger charge is -2.28. The number of benzene rings is 1. The predicted octanol–water partition coefficient (Wildman–Crippen LogP) is 2.99. The summed E-state index contributed by atoms with van der Waals surface area (Å²) < 4.78 is 5.27. The Hall–Kier alpha value is -2.21. The molecular formula is C17H18N2O3S. The monoisotopic (exact) mass is 330 g/mol. The predicted molar refractivity (Wildman–Crippen MR) is 89.4 cm³/mol. The van der Waals surface area contributed by atoms with E-state index in [1.807, 2.05) is 37.3 Å². The number of hydrogen-bond acceptors (Lipinski definition) is 4. The third kappa shape index (κ3) is 3.59. The summed E-state index contributed by atoms with van der Waals surface area (Å²) >= 11 is 1.54. The van der Waals surface area contributed by atoms with Crippen LogP contribution in [-0.2, 0) is 9.59 Å². The number of anilines is 1. The highest BCUT2D eigenvalue weighted by Crippen LogP contribution is 2.34. The van der Waals surface area contributed by atoms with E-state index < -0.39 is 0 Å². The lowest BCUT2D eigenvalue weighted by Crippen LogP contribution is -2.38. The zero-order valence-corrected chi connectivity index (χ0v) is 13.6. The number of nitrogens with zero attached hydrogens (tertiary/aromatic N) is 1. The number of rotatable bonds is 5. The van der Waals surface area contributed by atoms with Gasteiger partial charge in [-0.25, -0.2) is 0 Å². The average Bonchev–Trinajstić information content (AvgIpc) is 3.08. The van der Waals surface area contributed by atoms with E-state index in [0.717, 1.165) is 10.6 Å². The summed E-state index contributed by atoms with van der Waals surface area (Å²) in [4.78, 5) is 27.0. The summed E-state index contributed by atoms with van der Waals surface area (Å²) in [7, 11) is 0. The van der Waals surface area contributed by atoms with Crippen molar-refractivity contribution < 1.29 is 14.0 Å². The molecule has 0 fully saturated rings. The normalized spacial score (nSPS) is 15.2. The van der Waals surface area contributed by atoms with Gasteiger partial charge in [-0.1, -0.05) is 12.1 Å². The van der Waals surface area contributed by atoms with Gasteiger partial charge in [-0.2, -0.15) is 0 Å². The third-order valence-electron chi connectivity index (χ3n) is 3.72. The van der Waals surface area contributed by atoms with Crippen molar-refractivity contribution in [3.8, 4) is 0 Å². The molecule has 1 aromatic heterocycles. The van der Waals surface area contributed by atoms with Crippen LogP contribution in [0.1, 0.15) is 25.1 Å². The van der Waals surface area contributed by atoms with Gasteiger partial charge in [0.1, 0.15) is 5.76 Å². The SMILES string of the molecule is C[C@@H](NC(=O)CCN1C(=O)CSc2ccccc21)c1ccco1. The van der Waals surface area contributed by atoms with Crippen LogP contribution in [0.15, 0.2) is 52.0 Å². The van der Waals surface area contributed by atoms with Crippen molar-refractivity contribution in [2.45, 2.75) is 24.3 Å². The van der Waals surface area contributed by atoms with Crippen LogP contribution in [0.25, 0.3) is 0 Å². The van der Waals surface area contributed by atoms with E-state index in [-0.39, 0.29) is 24.3 Å². The summed E-state index contributed by atoms with van der Waals surface area (Å²) in [5, 5.41) is 2.88. The molecule has 0 saturated heterocycles. The fourth-order valence-corrected chi connectivity index (χ4v) is 3.47. The molecule has 2 amide bonds. The van der Waals surface area contributed by atoms with Gasteiger partial charge < -0.3 is 14.6 Å². The van der Waals surface area contributed by atoms with Crippen molar-refractivity contribution >= 4 is 29.3 Å². The second-order valence-corrected chi connectivity index (χ2v) is 6.37. The molecule has 1 aliphatic rings. The lowest BCUT2D eigenvalue weighted by molar-refractivity contribution is -0.121. The number of furan rings is 1. The minimum absolute atomic E-state index is 0.0422. The summed E-state index contributed by atoms with van der Waals surface area (Å²) in [6.45, 7) is 2.25. The Kier molecular flexibility index (Phi) is 4.71. The van der Waals surface area contributed by atoms with Gasteiger partial charge >= 0.3 is 0 Å². The third-order valence-corrected chi connectivity index (χ3v) is 4.77. The minimum atomic E-state index is -0.183. The van der Waals surface area contributed by atoms with Crippen LogP contribution in [0.4, 0.5) is 5.69 Å². The minimum Gasteiger partial charge on any atom is -0.467 e. The number of thioether (sulfide) groups is 1. The average molecular weight is 330 g/mol. The first-order valence-electron chi connectivity index (χ1n) is 7.50. The van der Waals surface area contributed by atoms with Crippen molar-refractivity contribution in [2.24, 2.45) is 0 Å². The Bertz CT molecular complexity index is 700. The van der Waals surface area contributed by atoms with Crippen LogP contribution < -0.4 is 10.2 Å². The van der Waals surface area contributed by atoms with E-state index in [2.05, 4.69) is 5.32 Å². The maximum Gasteiger partial charge on any atom is 0.237 e. The van der Waals surface area contributed by atoms with Crippen LogP contribution in [0.3, 0.4) is 0 Å². The number of amides is 2. The fraction of sp³-hybridized carbons (Fsp3) is 0.294. The van der Waals surface area contributed by atoms with E-state index in [9.17, 15) is 9.59 Å². The standard InChI is InChI=1S/C17H18N2O3S/c1-12(14-6-4-10-22-14)18-16(20)8-9-19-13-5-2-3-7-15(13)23-11-17(19)21/h2-7,10,12H,8-9,11H2,1H3,(H,18,20)/t12-/m1/s1. The van der Waals surface area contributed by atoms with Crippen LogP contribution in [0, 0.1) is 0 Å². The lowest BCUT2D eigenvalue weighted by atomic mass is 10.2. The molecule has 3 rings (SSSR count). The van der Waals surface area contributed by atoms with Gasteiger partial charge in [0, 0.05) is 17.9 Å². The maximum atomic E-state index is 12.1. The number of para-hydroxylation sites is 1. The summed E-state index contributed by atoms with van der Waals surface area (Å²) in [6, 6.07) is 11.2. The van der Waals surface area contributed by atoms with Gasteiger partial charge in [0.25, 0.3) is 0 Å². The van der Waals surface area contributed by atoms with Crippen LogP contribution in [0.2, 0.25) is 0 Å². The molecule has 23 heavy (non-hydrogen) atoms. The van der Waals surface area contributed by atoms with E-state index in [4.69, 9.17) is 4.42 Å². The first kappa shape index (κ1) is 15.7. The molecule has 0 unspecified atom stereocenters. The van der Waals surface area contributed by atoms with Gasteiger partial charge in [-0.15, -0.1) is 11.8 Å². The van der Waals surface area contributed by atoms with Crippen LogP contribution >= 0.6 is 11.8 Å². The highest BCUT2D eigenvalue weighted by Gasteiger charge is 2.24. The van der Waals surface area contributed by atoms with Crippen molar-refractivity contribution in [3.05, 3.63) is 48.4 Å². The summed E-state index contributed by atoms with van der Waals surface area (Å²) in [6.07, 6.45) is 1.84. The number of carbonyl (C=O) groups excluding carboxylic acids is 2. The highest BCUT2D eigenvalue weighted by molar-refractivity contribution is 8.00. The van der Waals surface area contributed by atoms with Gasteiger partial charge in [0.05, 0.1) is 23.7 Å². The molecule has 1 atom stereocenters. The molecule has 0 radical (unpaired) electrons. The van der Waals surface area contributed by atoms with Crippen molar-refractivity contribution in [2.75, 3.05) is 17.2 Å². The number of nitrogens with one attached hydrogen (secondary N) is 1. The van der Waals surface area contributed by atoms with Crippen molar-refractivity contribution in [1.82, 2.24) is 5.32 Å². The molecule has 5 nitrogen and oxygen atoms in total. The van der Waals surface area contributed by atoms with Crippen LogP contribution in [-0.4, -0.2) is 24.1 Å². The topological polar surface area (TPSA) is 62.6 Å². The van der Waals surface area contributed by atoms with Crippen LogP contribution in [0.5, 0.6) is 0 Å². The molecule has 1 N–H and O–H groups in total. The molecule has 6 heteroatoms. The van der Waals surface area contributed by atoms with Gasteiger partial charge in [0.15, 0.2) is 0 Å². The van der Waals surface area contributed by atoms with Crippen molar-refractivity contribution in [3.63, 3.8) is 0 Å². The van der Waals surface area contributed by atoms with E-state index in [1.165, 1.54) is 11.8 Å². The molecule has 0 aliphatic carbocycles. The number of carbonyl (C=O) groups is 2. The van der Waals surface area contributed by atoms with E-state index >= 15 is 0 Å². The Labute approximate surface area is 139 Å². The van der Waals surface area contributed by atoms with Crippen molar-refractivity contribution in [1.29, 1.82) is 0 Å². The molecular weight excluding hydrogens is 312 g/mol. The second kappa shape index (κ2) is 6.91.